The van der Waals surface area contributed by atoms with E-state index in [4.69, 9.17) is 4.74 Å². The summed E-state index contributed by atoms with van der Waals surface area (Å²) >= 11 is 6.49. The predicted molar refractivity (Wildman–Crippen MR) is 63.4 cm³/mol. The highest BCUT2D eigenvalue weighted by Crippen LogP contribution is 2.26. The second kappa shape index (κ2) is 5.51. The van der Waals surface area contributed by atoms with Gasteiger partial charge in [0.1, 0.15) is 5.75 Å². The zero-order valence-electron chi connectivity index (χ0n) is 7.72. The van der Waals surface area contributed by atoms with Gasteiger partial charge in [0.15, 0.2) is 5.78 Å². The van der Waals surface area contributed by atoms with Crippen molar-refractivity contribution >= 4 is 37.6 Å². The number of alkyl halides is 1. The summed E-state index contributed by atoms with van der Waals surface area (Å²) in [7, 11) is 0. The predicted octanol–water partition coefficient (Wildman–Crippen LogP) is 3.43. The maximum atomic E-state index is 11.4. The van der Waals surface area contributed by atoms with Crippen LogP contribution >= 0.6 is 31.9 Å². The van der Waals surface area contributed by atoms with Gasteiger partial charge < -0.3 is 4.74 Å². The SMILES string of the molecule is CCOc1cc(C(=O)CBr)ccc1Br. The molecule has 0 unspecified atom stereocenters. The fourth-order valence-corrected chi connectivity index (χ4v) is 1.70. The molecule has 0 aliphatic heterocycles. The summed E-state index contributed by atoms with van der Waals surface area (Å²) in [6.45, 7) is 2.50. The maximum Gasteiger partial charge on any atom is 0.173 e. The minimum atomic E-state index is 0.0541. The minimum Gasteiger partial charge on any atom is -0.493 e. The van der Waals surface area contributed by atoms with Crippen molar-refractivity contribution in [1.29, 1.82) is 0 Å². The molecule has 0 heterocycles. The van der Waals surface area contributed by atoms with Crippen LogP contribution in [0.1, 0.15) is 17.3 Å². The molecule has 0 radical (unpaired) electrons. The van der Waals surface area contributed by atoms with E-state index in [1.165, 1.54) is 0 Å². The Hall–Kier alpha value is -0.350. The zero-order valence-corrected chi connectivity index (χ0v) is 10.9. The summed E-state index contributed by atoms with van der Waals surface area (Å²) in [4.78, 5) is 11.4. The highest BCUT2D eigenvalue weighted by molar-refractivity contribution is 9.10. The average Bonchev–Trinajstić information content (AvgIpc) is 2.20. The Balaban J connectivity index is 2.99. The largest absolute Gasteiger partial charge is 0.493 e. The summed E-state index contributed by atoms with van der Waals surface area (Å²) in [6.07, 6.45) is 0. The van der Waals surface area contributed by atoms with E-state index in [0.29, 0.717) is 23.2 Å². The molecule has 0 bridgehead atoms. The Morgan fingerprint density at radius 2 is 2.21 bits per heavy atom. The lowest BCUT2D eigenvalue weighted by Gasteiger charge is -2.06. The monoisotopic (exact) mass is 320 g/mol. The summed E-state index contributed by atoms with van der Waals surface area (Å²) in [5.74, 6) is 0.762. The summed E-state index contributed by atoms with van der Waals surface area (Å²) in [6, 6.07) is 5.34. The van der Waals surface area contributed by atoms with E-state index in [9.17, 15) is 4.79 Å². The van der Waals surface area contributed by atoms with E-state index >= 15 is 0 Å². The first-order chi connectivity index (χ1) is 6.69. The molecule has 1 rings (SSSR count). The number of halogens is 2. The van der Waals surface area contributed by atoms with Crippen molar-refractivity contribution in [2.45, 2.75) is 6.92 Å². The number of hydrogen-bond donors (Lipinski definition) is 0. The van der Waals surface area contributed by atoms with Crippen molar-refractivity contribution in [3.63, 3.8) is 0 Å². The van der Waals surface area contributed by atoms with Gasteiger partial charge in [0.25, 0.3) is 0 Å². The second-order valence-corrected chi connectivity index (χ2v) is 4.05. The molecule has 0 aliphatic carbocycles. The van der Waals surface area contributed by atoms with Crippen LogP contribution < -0.4 is 4.74 Å². The normalized spacial score (nSPS) is 9.93. The summed E-state index contributed by atoms with van der Waals surface area (Å²) in [5.41, 5.74) is 0.661. The van der Waals surface area contributed by atoms with Crippen molar-refractivity contribution < 1.29 is 9.53 Å². The number of carbonyl (C=O) groups is 1. The Kier molecular flexibility index (Phi) is 4.62. The van der Waals surface area contributed by atoms with E-state index in [2.05, 4.69) is 31.9 Å². The Bertz CT molecular complexity index is 337. The van der Waals surface area contributed by atoms with Gasteiger partial charge in [-0.15, -0.1) is 0 Å². The van der Waals surface area contributed by atoms with Crippen LogP contribution in [0.15, 0.2) is 22.7 Å². The summed E-state index contributed by atoms with van der Waals surface area (Å²) < 4.78 is 6.22. The van der Waals surface area contributed by atoms with Gasteiger partial charge in [-0.25, -0.2) is 0 Å². The van der Waals surface area contributed by atoms with E-state index in [-0.39, 0.29) is 5.78 Å². The fourth-order valence-electron chi connectivity index (χ4n) is 1.02. The standard InChI is InChI=1S/C10H10Br2O2/c1-2-14-10-5-7(9(13)6-11)3-4-8(10)12/h3-5H,2,6H2,1H3. The molecule has 1 aromatic rings. The molecule has 14 heavy (non-hydrogen) atoms. The van der Waals surface area contributed by atoms with Crippen molar-refractivity contribution in [1.82, 2.24) is 0 Å². The van der Waals surface area contributed by atoms with Crippen LogP contribution in [-0.2, 0) is 0 Å². The van der Waals surface area contributed by atoms with Crippen LogP contribution in [0.2, 0.25) is 0 Å². The van der Waals surface area contributed by atoms with Gasteiger partial charge >= 0.3 is 0 Å². The molecule has 0 aromatic heterocycles. The third kappa shape index (κ3) is 2.82. The summed E-state index contributed by atoms with van der Waals surface area (Å²) in [5, 5.41) is 0.334. The molecule has 2 nitrogen and oxygen atoms in total. The maximum absolute atomic E-state index is 11.4. The second-order valence-electron chi connectivity index (χ2n) is 2.64. The van der Waals surface area contributed by atoms with Gasteiger partial charge in [0.05, 0.1) is 16.4 Å². The van der Waals surface area contributed by atoms with Crippen LogP contribution in [0.25, 0.3) is 0 Å². The van der Waals surface area contributed by atoms with Crippen molar-refractivity contribution in [3.05, 3.63) is 28.2 Å². The Morgan fingerprint density at radius 1 is 1.50 bits per heavy atom. The topological polar surface area (TPSA) is 26.3 Å². The molecule has 76 valence electrons. The molecular weight excluding hydrogens is 312 g/mol. The smallest absolute Gasteiger partial charge is 0.173 e. The number of hydrogen-bond acceptors (Lipinski definition) is 2. The number of ether oxygens (including phenoxy) is 1. The quantitative estimate of drug-likeness (QED) is 0.627. The van der Waals surface area contributed by atoms with E-state index in [1.807, 2.05) is 13.0 Å². The van der Waals surface area contributed by atoms with Crippen LogP contribution in [0.4, 0.5) is 0 Å². The Labute approximate surface area is 99.9 Å². The third-order valence-electron chi connectivity index (χ3n) is 1.67. The van der Waals surface area contributed by atoms with Crippen LogP contribution in [-0.4, -0.2) is 17.7 Å². The molecule has 0 N–H and O–H groups in total. The van der Waals surface area contributed by atoms with E-state index < -0.39 is 0 Å². The minimum absolute atomic E-state index is 0.0541. The molecule has 0 saturated heterocycles. The van der Waals surface area contributed by atoms with Gasteiger partial charge in [-0.2, -0.15) is 0 Å². The van der Waals surface area contributed by atoms with E-state index in [1.54, 1.807) is 12.1 Å². The van der Waals surface area contributed by atoms with Crippen molar-refractivity contribution in [3.8, 4) is 5.75 Å². The first-order valence-corrected chi connectivity index (χ1v) is 6.12. The van der Waals surface area contributed by atoms with Gasteiger partial charge in [0.2, 0.25) is 0 Å². The highest BCUT2D eigenvalue weighted by Gasteiger charge is 2.07. The zero-order chi connectivity index (χ0) is 10.6. The highest BCUT2D eigenvalue weighted by atomic mass is 79.9. The lowest BCUT2D eigenvalue weighted by molar-refractivity contribution is 0.102. The fraction of sp³-hybridized carbons (Fsp3) is 0.300. The average molecular weight is 322 g/mol. The molecule has 0 aliphatic rings. The van der Waals surface area contributed by atoms with Gasteiger partial charge in [-0.3, -0.25) is 4.79 Å². The van der Waals surface area contributed by atoms with Crippen molar-refractivity contribution in [2.75, 3.05) is 11.9 Å². The van der Waals surface area contributed by atoms with Gasteiger partial charge in [-0.05, 0) is 41.1 Å². The first kappa shape index (κ1) is 11.7. The number of ketones is 1. The third-order valence-corrected chi connectivity index (χ3v) is 2.84. The lowest BCUT2D eigenvalue weighted by Crippen LogP contribution is -2.01. The number of benzene rings is 1. The van der Waals surface area contributed by atoms with Crippen molar-refractivity contribution in [2.24, 2.45) is 0 Å². The van der Waals surface area contributed by atoms with Gasteiger partial charge in [-0.1, -0.05) is 15.9 Å². The molecule has 4 heteroatoms. The number of carbonyl (C=O) groups excluding carboxylic acids is 1. The Morgan fingerprint density at radius 3 is 2.79 bits per heavy atom. The first-order valence-electron chi connectivity index (χ1n) is 4.20. The van der Waals surface area contributed by atoms with Crippen LogP contribution in [0.3, 0.4) is 0 Å². The molecule has 0 spiro atoms. The molecule has 0 fully saturated rings. The molecular formula is C10H10Br2O2. The molecule has 0 amide bonds. The van der Waals surface area contributed by atoms with Crippen LogP contribution in [0, 0.1) is 0 Å². The van der Waals surface area contributed by atoms with Crippen LogP contribution in [0.5, 0.6) is 5.75 Å². The number of Topliss-reactive ketones (excluding diaryl/α,β-unsaturated/α-hetero) is 1. The molecule has 1 aromatic carbocycles. The molecule has 0 atom stereocenters. The van der Waals surface area contributed by atoms with E-state index in [0.717, 1.165) is 4.47 Å². The van der Waals surface area contributed by atoms with Gasteiger partial charge in [0, 0.05) is 5.56 Å². The lowest BCUT2D eigenvalue weighted by atomic mass is 10.1. The number of rotatable bonds is 4. The molecule has 0 saturated carbocycles.